The molecule has 1 rings (SSSR count). The quantitative estimate of drug-likeness (QED) is 0.142. The zero-order valence-electron chi connectivity index (χ0n) is 22.4. The van der Waals surface area contributed by atoms with E-state index in [1.165, 1.54) is 70.6 Å². The van der Waals surface area contributed by atoms with Crippen LogP contribution in [0.25, 0.3) is 0 Å². The summed E-state index contributed by atoms with van der Waals surface area (Å²) in [5.74, 6) is 0.138. The topological polar surface area (TPSA) is 52.6 Å². The predicted octanol–water partition coefficient (Wildman–Crippen LogP) is 8.26. The number of carbonyl (C=O) groups is 2. The minimum Gasteiger partial charge on any atom is -0.465 e. The molecule has 1 aliphatic rings. The van der Waals surface area contributed by atoms with Crippen molar-refractivity contribution in [1.82, 2.24) is 0 Å². The van der Waals surface area contributed by atoms with Crippen LogP contribution in [0.1, 0.15) is 137 Å². The molecule has 4 heteroatoms. The van der Waals surface area contributed by atoms with Crippen molar-refractivity contribution >= 4 is 11.9 Å². The molecule has 0 saturated heterocycles. The highest BCUT2D eigenvalue weighted by atomic mass is 16.5. The minimum absolute atomic E-state index is 0.189. The molecule has 0 bridgehead atoms. The van der Waals surface area contributed by atoms with Gasteiger partial charge in [-0.25, -0.2) is 0 Å². The van der Waals surface area contributed by atoms with Crippen LogP contribution in [0.3, 0.4) is 0 Å². The van der Waals surface area contributed by atoms with Crippen molar-refractivity contribution in [3.63, 3.8) is 0 Å². The number of esters is 2. The Morgan fingerprint density at radius 2 is 1.03 bits per heavy atom. The molecule has 1 aliphatic carbocycles. The van der Waals surface area contributed by atoms with Gasteiger partial charge in [0.15, 0.2) is 0 Å². The molecule has 1 saturated carbocycles. The molecule has 33 heavy (non-hydrogen) atoms. The molecular formula is C29H54O4. The Labute approximate surface area is 205 Å². The summed E-state index contributed by atoms with van der Waals surface area (Å²) in [4.78, 5) is 25.0. The maximum Gasteiger partial charge on any atom is 0.309 e. The zero-order valence-corrected chi connectivity index (χ0v) is 22.4. The monoisotopic (exact) mass is 466 g/mol. The van der Waals surface area contributed by atoms with Crippen molar-refractivity contribution in [3.05, 3.63) is 0 Å². The molecule has 0 aliphatic heterocycles. The number of rotatable bonds is 19. The fourth-order valence-corrected chi connectivity index (χ4v) is 4.75. The van der Waals surface area contributed by atoms with Gasteiger partial charge in [0.1, 0.15) is 0 Å². The summed E-state index contributed by atoms with van der Waals surface area (Å²) in [5.41, 5.74) is 0. The largest absolute Gasteiger partial charge is 0.465 e. The first kappa shape index (κ1) is 30.0. The molecule has 0 N–H and O–H groups in total. The molecular weight excluding hydrogens is 412 g/mol. The van der Waals surface area contributed by atoms with E-state index in [-0.39, 0.29) is 23.8 Å². The van der Waals surface area contributed by atoms with Gasteiger partial charge in [0.2, 0.25) is 0 Å². The van der Waals surface area contributed by atoms with Crippen molar-refractivity contribution in [3.8, 4) is 0 Å². The van der Waals surface area contributed by atoms with Crippen LogP contribution in [-0.4, -0.2) is 25.2 Å². The lowest BCUT2D eigenvalue weighted by Gasteiger charge is -2.28. The van der Waals surface area contributed by atoms with Crippen molar-refractivity contribution in [2.45, 2.75) is 137 Å². The first-order valence-electron chi connectivity index (χ1n) is 14.2. The second kappa shape index (κ2) is 19.3. The van der Waals surface area contributed by atoms with E-state index in [0.717, 1.165) is 44.4 Å². The Kier molecular flexibility index (Phi) is 17.5. The van der Waals surface area contributed by atoms with Gasteiger partial charge in [-0.3, -0.25) is 9.59 Å². The van der Waals surface area contributed by atoms with E-state index in [9.17, 15) is 9.59 Å². The van der Waals surface area contributed by atoms with Crippen LogP contribution in [0.5, 0.6) is 0 Å². The summed E-state index contributed by atoms with van der Waals surface area (Å²) in [6, 6.07) is 0. The van der Waals surface area contributed by atoms with Crippen molar-refractivity contribution < 1.29 is 19.1 Å². The molecule has 0 aromatic heterocycles. The molecule has 1 fully saturated rings. The third-order valence-corrected chi connectivity index (χ3v) is 6.85. The molecule has 0 aromatic carbocycles. The van der Waals surface area contributed by atoms with Gasteiger partial charge in [0, 0.05) is 0 Å². The van der Waals surface area contributed by atoms with Crippen LogP contribution in [0.2, 0.25) is 0 Å². The molecule has 0 radical (unpaired) electrons. The number of hydrogen-bond acceptors (Lipinski definition) is 4. The number of unbranched alkanes of at least 4 members (excludes halogenated alkanes) is 11. The van der Waals surface area contributed by atoms with Gasteiger partial charge < -0.3 is 9.47 Å². The Morgan fingerprint density at radius 3 is 1.48 bits per heavy atom. The van der Waals surface area contributed by atoms with E-state index >= 15 is 0 Å². The number of hydrogen-bond donors (Lipinski definition) is 0. The fraction of sp³-hybridized carbons (Fsp3) is 0.931. The average molecular weight is 467 g/mol. The third-order valence-electron chi connectivity index (χ3n) is 6.85. The standard InChI is InChI=1S/C29H54O4/c1-24(2)19-15-13-11-9-7-5-6-8-10-12-14-18-22-32-28(30)26-20-16-17-21-27(26)29(31)33-23-25(3)4/h24-27H,5-23H2,1-4H3. The Balaban J connectivity index is 2.00. The van der Waals surface area contributed by atoms with Gasteiger partial charge in [-0.15, -0.1) is 0 Å². The van der Waals surface area contributed by atoms with E-state index in [0.29, 0.717) is 19.1 Å². The van der Waals surface area contributed by atoms with Gasteiger partial charge in [-0.2, -0.15) is 0 Å². The average Bonchev–Trinajstić information content (AvgIpc) is 2.79. The van der Waals surface area contributed by atoms with E-state index < -0.39 is 0 Å². The van der Waals surface area contributed by atoms with Crippen molar-refractivity contribution in [1.29, 1.82) is 0 Å². The lowest BCUT2D eigenvalue weighted by molar-refractivity contribution is -0.163. The van der Waals surface area contributed by atoms with Crippen LogP contribution in [-0.2, 0) is 19.1 Å². The highest BCUT2D eigenvalue weighted by Crippen LogP contribution is 2.32. The highest BCUT2D eigenvalue weighted by Gasteiger charge is 2.37. The van der Waals surface area contributed by atoms with Crippen LogP contribution in [0, 0.1) is 23.7 Å². The molecule has 2 atom stereocenters. The molecule has 4 nitrogen and oxygen atoms in total. The van der Waals surface area contributed by atoms with Gasteiger partial charge >= 0.3 is 11.9 Å². The maximum atomic E-state index is 12.6. The molecule has 0 amide bonds. The third kappa shape index (κ3) is 15.5. The fourth-order valence-electron chi connectivity index (χ4n) is 4.75. The molecule has 0 aromatic rings. The lowest BCUT2D eigenvalue weighted by Crippen LogP contribution is -2.35. The van der Waals surface area contributed by atoms with Gasteiger partial charge in [-0.1, -0.05) is 118 Å². The van der Waals surface area contributed by atoms with Gasteiger partial charge in [0.05, 0.1) is 25.0 Å². The Hall–Kier alpha value is -1.06. The molecule has 0 heterocycles. The minimum atomic E-state index is -0.315. The Morgan fingerprint density at radius 1 is 0.606 bits per heavy atom. The van der Waals surface area contributed by atoms with Gasteiger partial charge in [0.25, 0.3) is 0 Å². The number of ether oxygens (including phenoxy) is 2. The lowest BCUT2D eigenvalue weighted by atomic mass is 9.79. The number of carbonyl (C=O) groups excluding carboxylic acids is 2. The predicted molar refractivity (Wildman–Crippen MR) is 137 cm³/mol. The second-order valence-electron chi connectivity index (χ2n) is 11.1. The van der Waals surface area contributed by atoms with Crippen LogP contribution in [0.4, 0.5) is 0 Å². The van der Waals surface area contributed by atoms with Crippen LogP contribution < -0.4 is 0 Å². The van der Waals surface area contributed by atoms with E-state index in [4.69, 9.17) is 9.47 Å². The van der Waals surface area contributed by atoms with Crippen molar-refractivity contribution in [2.24, 2.45) is 23.7 Å². The van der Waals surface area contributed by atoms with Crippen LogP contribution >= 0.6 is 0 Å². The summed E-state index contributed by atoms with van der Waals surface area (Å²) in [5, 5.41) is 0. The molecule has 2 unspecified atom stereocenters. The smallest absolute Gasteiger partial charge is 0.309 e. The summed E-state index contributed by atoms with van der Waals surface area (Å²) in [7, 11) is 0. The van der Waals surface area contributed by atoms with E-state index in [1.54, 1.807) is 0 Å². The van der Waals surface area contributed by atoms with Crippen molar-refractivity contribution in [2.75, 3.05) is 13.2 Å². The van der Waals surface area contributed by atoms with E-state index in [2.05, 4.69) is 13.8 Å². The maximum absolute atomic E-state index is 12.6. The summed E-state index contributed by atoms with van der Waals surface area (Å²) >= 11 is 0. The summed E-state index contributed by atoms with van der Waals surface area (Å²) in [6.07, 6.45) is 20.5. The molecule has 194 valence electrons. The summed E-state index contributed by atoms with van der Waals surface area (Å²) < 4.78 is 11.0. The Bertz CT molecular complexity index is 500. The highest BCUT2D eigenvalue weighted by molar-refractivity contribution is 5.82. The second-order valence-corrected chi connectivity index (χ2v) is 11.1. The normalized spacial score (nSPS) is 18.6. The van der Waals surface area contributed by atoms with E-state index in [1.807, 2.05) is 13.8 Å². The summed E-state index contributed by atoms with van der Waals surface area (Å²) in [6.45, 7) is 9.59. The van der Waals surface area contributed by atoms with Crippen LogP contribution in [0.15, 0.2) is 0 Å². The first-order valence-corrected chi connectivity index (χ1v) is 14.2. The SMILES string of the molecule is CC(C)CCCCCCCCCCCCCCOC(=O)C1CCCCC1C(=O)OCC(C)C. The first-order chi connectivity index (χ1) is 15.9. The molecule has 0 spiro atoms. The van der Waals surface area contributed by atoms with Gasteiger partial charge in [-0.05, 0) is 31.1 Å². The zero-order chi connectivity index (χ0) is 24.3.